The summed E-state index contributed by atoms with van der Waals surface area (Å²) >= 11 is 5.65. The fourth-order valence-electron chi connectivity index (χ4n) is 1.26. The second-order valence-corrected chi connectivity index (χ2v) is 3.78. The molecule has 1 heterocycles. The summed E-state index contributed by atoms with van der Waals surface area (Å²) in [6.45, 7) is 0. The molecule has 1 amide bonds. The zero-order valence-electron chi connectivity index (χ0n) is 9.02. The number of carbonyl (C=O) groups excluding carboxylic acids is 1. The highest BCUT2D eigenvalue weighted by Crippen LogP contribution is 2.13. The lowest BCUT2D eigenvalue weighted by atomic mass is 10.2. The third-order valence-electron chi connectivity index (χ3n) is 2.11. The SMILES string of the molecule is Nc1cc(C(=O)Nc2nccc(Cl)n2)ccc1F. The van der Waals surface area contributed by atoms with Gasteiger partial charge in [0.1, 0.15) is 11.0 Å². The number of nitrogens with two attached hydrogens (primary N) is 1. The fourth-order valence-corrected chi connectivity index (χ4v) is 1.39. The number of nitrogens with one attached hydrogen (secondary N) is 1. The fraction of sp³-hybridized carbons (Fsp3) is 0. The summed E-state index contributed by atoms with van der Waals surface area (Å²) in [6, 6.07) is 5.14. The Balaban J connectivity index is 2.19. The molecule has 3 N–H and O–H groups in total. The van der Waals surface area contributed by atoms with Crippen molar-refractivity contribution in [3.8, 4) is 0 Å². The van der Waals surface area contributed by atoms with Crippen LogP contribution in [0.4, 0.5) is 16.0 Å². The highest BCUT2D eigenvalue weighted by molar-refractivity contribution is 6.29. The van der Waals surface area contributed by atoms with Gasteiger partial charge >= 0.3 is 0 Å². The Bertz CT molecular complexity index is 605. The van der Waals surface area contributed by atoms with E-state index >= 15 is 0 Å². The van der Waals surface area contributed by atoms with Crippen LogP contribution < -0.4 is 11.1 Å². The van der Waals surface area contributed by atoms with Crippen molar-refractivity contribution in [2.45, 2.75) is 0 Å². The summed E-state index contributed by atoms with van der Waals surface area (Å²) in [5.41, 5.74) is 5.47. The summed E-state index contributed by atoms with van der Waals surface area (Å²) in [4.78, 5) is 19.4. The molecule has 0 aliphatic rings. The number of amides is 1. The third kappa shape index (κ3) is 2.72. The van der Waals surface area contributed by atoms with E-state index in [0.717, 1.165) is 6.07 Å². The first-order valence-electron chi connectivity index (χ1n) is 4.91. The van der Waals surface area contributed by atoms with Crippen molar-refractivity contribution in [3.05, 3.63) is 47.0 Å². The van der Waals surface area contributed by atoms with Crippen LogP contribution in [0.3, 0.4) is 0 Å². The summed E-state index contributed by atoms with van der Waals surface area (Å²) in [5, 5.41) is 2.63. The standard InChI is InChI=1S/C11H8ClFN4O/c12-9-3-4-15-11(16-9)17-10(18)6-1-2-7(13)8(14)5-6/h1-5H,14H2,(H,15,16,17,18). The molecule has 7 heteroatoms. The number of hydrogen-bond donors (Lipinski definition) is 2. The van der Waals surface area contributed by atoms with Gasteiger partial charge in [-0.3, -0.25) is 10.1 Å². The number of hydrogen-bond acceptors (Lipinski definition) is 4. The average Bonchev–Trinajstić information content (AvgIpc) is 2.32. The molecule has 1 aromatic heterocycles. The lowest BCUT2D eigenvalue weighted by Crippen LogP contribution is -2.14. The summed E-state index contributed by atoms with van der Waals surface area (Å²) in [6.07, 6.45) is 1.41. The van der Waals surface area contributed by atoms with Crippen LogP contribution in [0.15, 0.2) is 30.5 Å². The van der Waals surface area contributed by atoms with Gasteiger partial charge in [0.2, 0.25) is 5.95 Å². The van der Waals surface area contributed by atoms with Gasteiger partial charge in [0.05, 0.1) is 5.69 Å². The minimum absolute atomic E-state index is 0.0652. The van der Waals surface area contributed by atoms with Gasteiger partial charge in [-0.2, -0.15) is 0 Å². The highest BCUT2D eigenvalue weighted by atomic mass is 35.5. The van der Waals surface area contributed by atoms with Crippen molar-refractivity contribution < 1.29 is 9.18 Å². The maximum atomic E-state index is 12.9. The number of carbonyl (C=O) groups is 1. The van der Waals surface area contributed by atoms with Gasteiger partial charge in [0.25, 0.3) is 5.91 Å². The second-order valence-electron chi connectivity index (χ2n) is 3.39. The van der Waals surface area contributed by atoms with E-state index in [4.69, 9.17) is 17.3 Å². The predicted octanol–water partition coefficient (Wildman–Crippen LogP) is 2.10. The number of nitrogen functional groups attached to an aromatic ring is 1. The first kappa shape index (κ1) is 12.3. The number of rotatable bonds is 2. The molecular formula is C11H8ClFN4O. The molecule has 5 nitrogen and oxygen atoms in total. The van der Waals surface area contributed by atoms with Crippen LogP contribution in [0, 0.1) is 5.82 Å². The zero-order chi connectivity index (χ0) is 13.1. The van der Waals surface area contributed by atoms with E-state index in [1.165, 1.54) is 24.4 Å². The molecule has 0 saturated carbocycles. The van der Waals surface area contributed by atoms with Crippen molar-refractivity contribution in [1.82, 2.24) is 9.97 Å². The molecule has 0 unspecified atom stereocenters. The predicted molar refractivity (Wildman–Crippen MR) is 65.8 cm³/mol. The van der Waals surface area contributed by atoms with Gasteiger partial charge < -0.3 is 5.73 Å². The van der Waals surface area contributed by atoms with Crippen LogP contribution in [-0.2, 0) is 0 Å². The van der Waals surface area contributed by atoms with Gasteiger partial charge in [-0.1, -0.05) is 11.6 Å². The monoisotopic (exact) mass is 266 g/mol. The van der Waals surface area contributed by atoms with Crippen LogP contribution in [-0.4, -0.2) is 15.9 Å². The van der Waals surface area contributed by atoms with Gasteiger partial charge in [-0.05, 0) is 24.3 Å². The minimum Gasteiger partial charge on any atom is -0.396 e. The third-order valence-corrected chi connectivity index (χ3v) is 2.32. The van der Waals surface area contributed by atoms with Gasteiger partial charge in [-0.15, -0.1) is 0 Å². The molecule has 0 bridgehead atoms. The maximum Gasteiger partial charge on any atom is 0.258 e. The second kappa shape index (κ2) is 4.97. The molecule has 92 valence electrons. The molecule has 0 aliphatic carbocycles. The molecule has 0 spiro atoms. The van der Waals surface area contributed by atoms with Crippen LogP contribution in [0.1, 0.15) is 10.4 Å². The maximum absolute atomic E-state index is 12.9. The number of halogens is 2. The lowest BCUT2D eigenvalue weighted by molar-refractivity contribution is 0.102. The van der Waals surface area contributed by atoms with Crippen molar-refractivity contribution in [2.24, 2.45) is 0 Å². The van der Waals surface area contributed by atoms with E-state index in [0.29, 0.717) is 0 Å². The van der Waals surface area contributed by atoms with E-state index in [-0.39, 0.29) is 22.4 Å². The first-order valence-corrected chi connectivity index (χ1v) is 5.29. The number of aromatic nitrogens is 2. The van der Waals surface area contributed by atoms with Crippen LogP contribution >= 0.6 is 11.6 Å². The Morgan fingerprint density at radius 1 is 1.39 bits per heavy atom. The lowest BCUT2D eigenvalue weighted by Gasteiger charge is -2.04. The Kier molecular flexibility index (Phi) is 3.38. The molecule has 0 fully saturated rings. The van der Waals surface area contributed by atoms with Crippen molar-refractivity contribution >= 4 is 29.1 Å². The van der Waals surface area contributed by atoms with Crippen molar-refractivity contribution in [3.63, 3.8) is 0 Å². The topological polar surface area (TPSA) is 80.9 Å². The molecule has 0 radical (unpaired) electrons. The van der Waals surface area contributed by atoms with Crippen molar-refractivity contribution in [2.75, 3.05) is 11.1 Å². The number of anilines is 2. The summed E-state index contributed by atoms with van der Waals surface area (Å²) in [7, 11) is 0. The van der Waals surface area contributed by atoms with E-state index in [2.05, 4.69) is 15.3 Å². The first-order chi connectivity index (χ1) is 8.56. The van der Waals surface area contributed by atoms with Crippen molar-refractivity contribution in [1.29, 1.82) is 0 Å². The largest absolute Gasteiger partial charge is 0.396 e. The van der Waals surface area contributed by atoms with E-state index in [9.17, 15) is 9.18 Å². The molecule has 2 rings (SSSR count). The number of nitrogens with zero attached hydrogens (tertiary/aromatic N) is 2. The average molecular weight is 267 g/mol. The molecule has 0 saturated heterocycles. The van der Waals surface area contributed by atoms with Crippen LogP contribution in [0.2, 0.25) is 5.15 Å². The Hall–Kier alpha value is -2.21. The Morgan fingerprint density at radius 3 is 2.83 bits per heavy atom. The number of benzene rings is 1. The van der Waals surface area contributed by atoms with Gasteiger partial charge in [-0.25, -0.2) is 14.4 Å². The Morgan fingerprint density at radius 2 is 2.17 bits per heavy atom. The molecule has 0 aliphatic heterocycles. The minimum atomic E-state index is -0.578. The smallest absolute Gasteiger partial charge is 0.258 e. The van der Waals surface area contributed by atoms with Gasteiger partial charge in [0, 0.05) is 11.8 Å². The highest BCUT2D eigenvalue weighted by Gasteiger charge is 2.10. The Labute approximate surface area is 107 Å². The molecule has 2 aromatic rings. The molecule has 1 aromatic carbocycles. The summed E-state index contributed by atoms with van der Waals surface area (Å²) < 4.78 is 12.9. The van der Waals surface area contributed by atoms with E-state index in [1.807, 2.05) is 0 Å². The molecular weight excluding hydrogens is 259 g/mol. The normalized spacial score (nSPS) is 10.1. The molecule has 0 atom stereocenters. The zero-order valence-corrected chi connectivity index (χ0v) is 9.78. The van der Waals surface area contributed by atoms with Crippen LogP contribution in [0.25, 0.3) is 0 Å². The van der Waals surface area contributed by atoms with Gasteiger partial charge in [0.15, 0.2) is 0 Å². The molecule has 18 heavy (non-hydrogen) atoms. The summed E-state index contributed by atoms with van der Waals surface area (Å²) in [5.74, 6) is -1.01. The van der Waals surface area contributed by atoms with E-state index < -0.39 is 11.7 Å². The van der Waals surface area contributed by atoms with Crippen LogP contribution in [0.5, 0.6) is 0 Å². The van der Waals surface area contributed by atoms with E-state index in [1.54, 1.807) is 0 Å². The quantitative estimate of drug-likeness (QED) is 0.644.